The van der Waals surface area contributed by atoms with Gasteiger partial charge in [-0.1, -0.05) is 6.92 Å². The number of likely N-dealkylation sites (N-methyl/N-ethyl adjacent to an activating group) is 1. The lowest BCUT2D eigenvalue weighted by molar-refractivity contribution is -0.132. The third-order valence-corrected chi connectivity index (χ3v) is 4.53. The molecule has 1 atom stereocenters. The van der Waals surface area contributed by atoms with Crippen LogP contribution < -0.4 is 5.32 Å². The first-order chi connectivity index (χ1) is 9.62. The first kappa shape index (κ1) is 17.4. The molecule has 20 heavy (non-hydrogen) atoms. The van der Waals surface area contributed by atoms with Gasteiger partial charge in [-0.25, -0.2) is 0 Å². The molecule has 4 nitrogen and oxygen atoms in total. The van der Waals surface area contributed by atoms with Crippen LogP contribution in [0.15, 0.2) is 0 Å². The van der Waals surface area contributed by atoms with Gasteiger partial charge in [-0.3, -0.25) is 9.69 Å². The Labute approximate surface area is 124 Å². The standard InChI is InChI=1S/C16H33N3O/c1-5-10-17-14(4)15-8-11-18(12-9-15)13-16(20)19(6-2)7-3/h14-15,17H,5-13H2,1-4H3. The summed E-state index contributed by atoms with van der Waals surface area (Å²) in [4.78, 5) is 16.4. The summed E-state index contributed by atoms with van der Waals surface area (Å²) in [6, 6.07) is 0.607. The molecule has 0 aromatic rings. The van der Waals surface area contributed by atoms with Crippen LogP contribution in [-0.2, 0) is 4.79 Å². The Morgan fingerprint density at radius 1 is 1.25 bits per heavy atom. The molecule has 0 bridgehead atoms. The summed E-state index contributed by atoms with van der Waals surface area (Å²) in [5, 5.41) is 3.60. The minimum Gasteiger partial charge on any atom is -0.342 e. The lowest BCUT2D eigenvalue weighted by Crippen LogP contribution is -2.46. The maximum absolute atomic E-state index is 12.1. The number of rotatable bonds is 8. The highest BCUT2D eigenvalue weighted by Gasteiger charge is 2.25. The zero-order chi connectivity index (χ0) is 15.0. The zero-order valence-electron chi connectivity index (χ0n) is 13.8. The summed E-state index contributed by atoms with van der Waals surface area (Å²) in [5.41, 5.74) is 0. The summed E-state index contributed by atoms with van der Waals surface area (Å²) in [5.74, 6) is 1.05. The van der Waals surface area contributed by atoms with E-state index in [-0.39, 0.29) is 5.91 Å². The third kappa shape index (κ3) is 5.41. The van der Waals surface area contributed by atoms with Crippen LogP contribution in [-0.4, -0.2) is 61.0 Å². The first-order valence-electron chi connectivity index (χ1n) is 8.35. The van der Waals surface area contributed by atoms with E-state index in [2.05, 4.69) is 37.9 Å². The normalized spacial score (nSPS) is 19.0. The van der Waals surface area contributed by atoms with Crippen molar-refractivity contribution in [3.63, 3.8) is 0 Å². The summed E-state index contributed by atoms with van der Waals surface area (Å²) in [6.45, 7) is 14.1. The molecule has 0 saturated carbocycles. The predicted octanol–water partition coefficient (Wildman–Crippen LogP) is 1.95. The SMILES string of the molecule is CCCNC(C)C1CCN(CC(=O)N(CC)CC)CC1. The van der Waals surface area contributed by atoms with E-state index in [4.69, 9.17) is 0 Å². The Kier molecular flexibility index (Phi) is 8.15. The quantitative estimate of drug-likeness (QED) is 0.739. The zero-order valence-corrected chi connectivity index (χ0v) is 13.8. The number of piperidine rings is 1. The molecule has 0 spiro atoms. The molecule has 0 aromatic carbocycles. The van der Waals surface area contributed by atoms with Gasteiger partial charge in [0.2, 0.25) is 5.91 Å². The van der Waals surface area contributed by atoms with E-state index in [1.807, 2.05) is 4.90 Å². The summed E-state index contributed by atoms with van der Waals surface area (Å²) >= 11 is 0. The van der Waals surface area contributed by atoms with Crippen LogP contribution >= 0.6 is 0 Å². The van der Waals surface area contributed by atoms with E-state index in [9.17, 15) is 4.79 Å². The Morgan fingerprint density at radius 2 is 1.85 bits per heavy atom. The fraction of sp³-hybridized carbons (Fsp3) is 0.938. The van der Waals surface area contributed by atoms with Crippen molar-refractivity contribution in [1.82, 2.24) is 15.1 Å². The molecule has 1 rings (SSSR count). The fourth-order valence-corrected chi connectivity index (χ4v) is 3.02. The molecule has 1 aliphatic heterocycles. The van der Waals surface area contributed by atoms with Crippen molar-refractivity contribution in [2.45, 2.75) is 53.0 Å². The molecule has 1 amide bonds. The number of carbonyl (C=O) groups excluding carboxylic acids is 1. The van der Waals surface area contributed by atoms with E-state index in [0.717, 1.165) is 38.6 Å². The van der Waals surface area contributed by atoms with Gasteiger partial charge in [-0.05, 0) is 65.6 Å². The van der Waals surface area contributed by atoms with E-state index in [0.29, 0.717) is 12.6 Å². The highest BCUT2D eigenvalue weighted by molar-refractivity contribution is 5.78. The minimum atomic E-state index is 0.283. The second kappa shape index (κ2) is 9.35. The van der Waals surface area contributed by atoms with Crippen LogP contribution in [0.25, 0.3) is 0 Å². The lowest BCUT2D eigenvalue weighted by Gasteiger charge is -2.35. The van der Waals surface area contributed by atoms with Crippen molar-refractivity contribution in [1.29, 1.82) is 0 Å². The maximum atomic E-state index is 12.1. The molecule has 0 aliphatic carbocycles. The monoisotopic (exact) mass is 283 g/mol. The number of likely N-dealkylation sites (tertiary alicyclic amines) is 1. The molecule has 1 aliphatic rings. The second-order valence-electron chi connectivity index (χ2n) is 5.92. The first-order valence-corrected chi connectivity index (χ1v) is 8.35. The predicted molar refractivity (Wildman–Crippen MR) is 84.8 cm³/mol. The molecule has 1 saturated heterocycles. The van der Waals surface area contributed by atoms with Crippen LogP contribution in [0.5, 0.6) is 0 Å². The van der Waals surface area contributed by atoms with Gasteiger partial charge in [-0.2, -0.15) is 0 Å². The molecule has 4 heteroatoms. The maximum Gasteiger partial charge on any atom is 0.236 e. The molecule has 1 N–H and O–H groups in total. The summed E-state index contributed by atoms with van der Waals surface area (Å²) < 4.78 is 0. The van der Waals surface area contributed by atoms with Gasteiger partial charge in [-0.15, -0.1) is 0 Å². The van der Waals surface area contributed by atoms with Crippen LogP contribution in [0, 0.1) is 5.92 Å². The highest BCUT2D eigenvalue weighted by Crippen LogP contribution is 2.20. The van der Waals surface area contributed by atoms with Gasteiger partial charge in [0.1, 0.15) is 0 Å². The Bertz CT molecular complexity index is 271. The van der Waals surface area contributed by atoms with Crippen molar-refractivity contribution in [2.75, 3.05) is 39.3 Å². The summed E-state index contributed by atoms with van der Waals surface area (Å²) in [7, 11) is 0. The largest absolute Gasteiger partial charge is 0.342 e. The van der Waals surface area contributed by atoms with Crippen molar-refractivity contribution in [3.05, 3.63) is 0 Å². The van der Waals surface area contributed by atoms with Gasteiger partial charge in [0, 0.05) is 19.1 Å². The number of hydrogen-bond acceptors (Lipinski definition) is 3. The van der Waals surface area contributed by atoms with Crippen molar-refractivity contribution in [3.8, 4) is 0 Å². The number of hydrogen-bond donors (Lipinski definition) is 1. The smallest absolute Gasteiger partial charge is 0.236 e. The topological polar surface area (TPSA) is 35.6 Å². The Morgan fingerprint density at radius 3 is 2.35 bits per heavy atom. The Balaban J connectivity index is 2.29. The number of nitrogens with one attached hydrogen (secondary N) is 1. The van der Waals surface area contributed by atoms with Gasteiger partial charge < -0.3 is 10.2 Å². The Hall–Kier alpha value is -0.610. The molecule has 1 unspecified atom stereocenters. The van der Waals surface area contributed by atoms with Crippen LogP contribution in [0.4, 0.5) is 0 Å². The fourth-order valence-electron chi connectivity index (χ4n) is 3.02. The number of nitrogens with zero attached hydrogens (tertiary/aromatic N) is 2. The van der Waals surface area contributed by atoms with Crippen LogP contribution in [0.3, 0.4) is 0 Å². The van der Waals surface area contributed by atoms with Gasteiger partial charge in [0.15, 0.2) is 0 Å². The van der Waals surface area contributed by atoms with Gasteiger partial charge >= 0.3 is 0 Å². The average Bonchev–Trinajstić information content (AvgIpc) is 2.46. The second-order valence-corrected chi connectivity index (χ2v) is 5.92. The average molecular weight is 283 g/mol. The van der Waals surface area contributed by atoms with Crippen molar-refractivity contribution >= 4 is 5.91 Å². The van der Waals surface area contributed by atoms with Gasteiger partial charge in [0.25, 0.3) is 0 Å². The van der Waals surface area contributed by atoms with E-state index >= 15 is 0 Å². The number of amides is 1. The van der Waals surface area contributed by atoms with Crippen LogP contribution in [0.2, 0.25) is 0 Å². The van der Waals surface area contributed by atoms with E-state index < -0.39 is 0 Å². The molecule has 118 valence electrons. The molecular weight excluding hydrogens is 250 g/mol. The molecule has 1 heterocycles. The minimum absolute atomic E-state index is 0.283. The molecule has 0 radical (unpaired) electrons. The number of carbonyl (C=O) groups is 1. The van der Waals surface area contributed by atoms with Gasteiger partial charge in [0.05, 0.1) is 6.54 Å². The van der Waals surface area contributed by atoms with E-state index in [1.165, 1.54) is 19.3 Å². The van der Waals surface area contributed by atoms with Crippen molar-refractivity contribution in [2.24, 2.45) is 5.92 Å². The summed E-state index contributed by atoms with van der Waals surface area (Å²) in [6.07, 6.45) is 3.62. The van der Waals surface area contributed by atoms with Crippen molar-refractivity contribution < 1.29 is 4.79 Å². The molecular formula is C16H33N3O. The molecule has 0 aromatic heterocycles. The highest BCUT2D eigenvalue weighted by atomic mass is 16.2. The molecule has 1 fully saturated rings. The van der Waals surface area contributed by atoms with Crippen LogP contribution in [0.1, 0.15) is 47.0 Å². The lowest BCUT2D eigenvalue weighted by atomic mass is 9.90. The third-order valence-electron chi connectivity index (χ3n) is 4.53. The van der Waals surface area contributed by atoms with E-state index in [1.54, 1.807) is 0 Å².